The van der Waals surface area contributed by atoms with Crippen molar-refractivity contribution in [2.24, 2.45) is 0 Å². The van der Waals surface area contributed by atoms with Crippen molar-refractivity contribution in [3.8, 4) is 5.75 Å². The summed E-state index contributed by atoms with van der Waals surface area (Å²) in [7, 11) is -1.39. The summed E-state index contributed by atoms with van der Waals surface area (Å²) < 4.78 is 28.6. The van der Waals surface area contributed by atoms with Crippen LogP contribution in [0.1, 0.15) is 0 Å². The molecule has 2 aliphatic heterocycles. The van der Waals surface area contributed by atoms with E-state index in [0.29, 0.717) is 10.9 Å². The second kappa shape index (κ2) is 4.42. The maximum absolute atomic E-state index is 11.7. The van der Waals surface area contributed by atoms with Gasteiger partial charge in [0.2, 0.25) is 0 Å². The number of anilines is 1. The number of ether oxygens (including phenoxy) is 1. The predicted molar refractivity (Wildman–Crippen MR) is 77.0 cm³/mol. The third-order valence-electron chi connectivity index (χ3n) is 3.42. The summed E-state index contributed by atoms with van der Waals surface area (Å²) >= 11 is 1.34. The van der Waals surface area contributed by atoms with Gasteiger partial charge in [-0.25, -0.2) is 8.42 Å². The van der Waals surface area contributed by atoms with Gasteiger partial charge in [0.1, 0.15) is 5.75 Å². The molecule has 1 aromatic rings. The van der Waals surface area contributed by atoms with Crippen molar-refractivity contribution in [3.05, 3.63) is 24.3 Å². The lowest BCUT2D eigenvalue weighted by molar-refractivity contribution is 0.415. The molecule has 0 amide bonds. The van der Waals surface area contributed by atoms with Gasteiger partial charge in [-0.3, -0.25) is 5.41 Å². The first-order valence-electron chi connectivity index (χ1n) is 5.89. The fourth-order valence-electron chi connectivity index (χ4n) is 2.57. The number of nitrogens with one attached hydrogen (secondary N) is 1. The Hall–Kier alpha value is -1.21. The minimum atomic E-state index is -2.98. The molecule has 0 saturated carbocycles. The van der Waals surface area contributed by atoms with E-state index in [1.165, 1.54) is 11.8 Å². The number of thioether (sulfide) groups is 1. The Morgan fingerprint density at radius 2 is 2.21 bits per heavy atom. The average molecular weight is 298 g/mol. The van der Waals surface area contributed by atoms with E-state index in [1.54, 1.807) is 7.11 Å². The smallest absolute Gasteiger partial charge is 0.161 e. The van der Waals surface area contributed by atoms with Gasteiger partial charge in [-0.1, -0.05) is 17.8 Å². The maximum Gasteiger partial charge on any atom is 0.161 e. The highest BCUT2D eigenvalue weighted by Gasteiger charge is 2.48. The quantitative estimate of drug-likeness (QED) is 0.892. The molecule has 0 radical (unpaired) electrons. The second-order valence-corrected chi connectivity index (χ2v) is 8.06. The highest BCUT2D eigenvalue weighted by atomic mass is 32.2. The SMILES string of the molecule is COc1cccc(N2C(=N)S[C@H]3CS(=O)(=O)C[C@H]32)c1. The lowest BCUT2D eigenvalue weighted by Crippen LogP contribution is -2.37. The second-order valence-electron chi connectivity index (χ2n) is 4.68. The van der Waals surface area contributed by atoms with E-state index in [4.69, 9.17) is 10.1 Å². The van der Waals surface area contributed by atoms with E-state index in [2.05, 4.69) is 0 Å². The van der Waals surface area contributed by atoms with Crippen LogP contribution in [0, 0.1) is 5.41 Å². The van der Waals surface area contributed by atoms with Crippen LogP contribution in [0.5, 0.6) is 5.75 Å². The summed E-state index contributed by atoms with van der Waals surface area (Å²) in [5.41, 5.74) is 0.821. The molecule has 2 aliphatic rings. The molecule has 0 bridgehead atoms. The lowest BCUT2D eigenvalue weighted by Gasteiger charge is -2.24. The number of hydrogen-bond donors (Lipinski definition) is 1. The normalized spacial score (nSPS) is 28.5. The highest BCUT2D eigenvalue weighted by Crippen LogP contribution is 2.40. The molecular weight excluding hydrogens is 284 g/mol. The van der Waals surface area contributed by atoms with Crippen LogP contribution in [-0.2, 0) is 9.84 Å². The van der Waals surface area contributed by atoms with E-state index in [-0.39, 0.29) is 22.8 Å². The number of sulfone groups is 1. The molecule has 1 N–H and O–H groups in total. The van der Waals surface area contributed by atoms with Crippen LogP contribution < -0.4 is 9.64 Å². The monoisotopic (exact) mass is 298 g/mol. The molecule has 0 aliphatic carbocycles. The fourth-order valence-corrected chi connectivity index (χ4v) is 6.36. The first-order chi connectivity index (χ1) is 9.00. The van der Waals surface area contributed by atoms with Crippen LogP contribution in [0.4, 0.5) is 5.69 Å². The molecule has 19 heavy (non-hydrogen) atoms. The Bertz CT molecular complexity index is 630. The molecule has 2 heterocycles. The Balaban J connectivity index is 1.97. The molecule has 0 unspecified atom stereocenters. The summed E-state index contributed by atoms with van der Waals surface area (Å²) in [6.45, 7) is 0. The molecule has 1 aromatic carbocycles. The number of amidine groups is 1. The van der Waals surface area contributed by atoms with Crippen molar-refractivity contribution >= 4 is 32.5 Å². The van der Waals surface area contributed by atoms with Crippen molar-refractivity contribution in [2.75, 3.05) is 23.5 Å². The van der Waals surface area contributed by atoms with Gasteiger partial charge in [0.05, 0.1) is 24.7 Å². The number of rotatable bonds is 2. The first kappa shape index (κ1) is 12.8. The van der Waals surface area contributed by atoms with Crippen molar-refractivity contribution in [2.45, 2.75) is 11.3 Å². The molecule has 3 rings (SSSR count). The summed E-state index contributed by atoms with van der Waals surface area (Å²) in [5.74, 6) is 1.01. The van der Waals surface area contributed by atoms with Crippen LogP contribution >= 0.6 is 11.8 Å². The van der Waals surface area contributed by atoms with E-state index in [9.17, 15) is 8.42 Å². The van der Waals surface area contributed by atoms with E-state index in [1.807, 2.05) is 29.2 Å². The van der Waals surface area contributed by atoms with Crippen LogP contribution in [0.15, 0.2) is 24.3 Å². The van der Waals surface area contributed by atoms with Crippen LogP contribution in [0.2, 0.25) is 0 Å². The zero-order valence-corrected chi connectivity index (χ0v) is 12.0. The predicted octanol–water partition coefficient (Wildman–Crippen LogP) is 1.35. The molecule has 2 fully saturated rings. The number of benzene rings is 1. The number of methoxy groups -OCH3 is 1. The van der Waals surface area contributed by atoms with Gasteiger partial charge in [0.25, 0.3) is 0 Å². The van der Waals surface area contributed by atoms with Crippen LogP contribution in [0.25, 0.3) is 0 Å². The number of hydrogen-bond acceptors (Lipinski definition) is 5. The Labute approximate surface area is 116 Å². The Kier molecular flexibility index (Phi) is 2.98. The van der Waals surface area contributed by atoms with Gasteiger partial charge < -0.3 is 9.64 Å². The third kappa shape index (κ3) is 2.21. The summed E-state index contributed by atoms with van der Waals surface area (Å²) in [4.78, 5) is 1.81. The van der Waals surface area contributed by atoms with Gasteiger partial charge in [-0.05, 0) is 12.1 Å². The third-order valence-corrected chi connectivity index (χ3v) is 6.55. The molecule has 0 spiro atoms. The van der Waals surface area contributed by atoms with Gasteiger partial charge in [0, 0.05) is 17.0 Å². The van der Waals surface area contributed by atoms with Crippen molar-refractivity contribution < 1.29 is 13.2 Å². The topological polar surface area (TPSA) is 70.5 Å². The van der Waals surface area contributed by atoms with E-state index in [0.717, 1.165) is 5.69 Å². The van der Waals surface area contributed by atoms with Gasteiger partial charge in [-0.15, -0.1) is 0 Å². The highest BCUT2D eigenvalue weighted by molar-refractivity contribution is 8.15. The molecule has 2 atom stereocenters. The molecule has 102 valence electrons. The number of fused-ring (bicyclic) bond motifs is 1. The minimum absolute atomic E-state index is 0.0244. The van der Waals surface area contributed by atoms with Gasteiger partial charge >= 0.3 is 0 Å². The van der Waals surface area contributed by atoms with E-state index < -0.39 is 9.84 Å². The Morgan fingerprint density at radius 1 is 1.42 bits per heavy atom. The molecule has 5 nitrogen and oxygen atoms in total. The van der Waals surface area contributed by atoms with Gasteiger partial charge in [0.15, 0.2) is 15.0 Å². The van der Waals surface area contributed by atoms with Crippen molar-refractivity contribution in [3.63, 3.8) is 0 Å². The standard InChI is InChI=1S/C12H14N2O3S2/c1-17-9-4-2-3-8(5-9)14-10-6-19(15,16)7-11(10)18-12(14)13/h2-5,10-11,13H,6-7H2,1H3/t10-,11+/m1/s1. The summed E-state index contributed by atoms with van der Waals surface area (Å²) in [6, 6.07) is 7.27. The van der Waals surface area contributed by atoms with Gasteiger partial charge in [-0.2, -0.15) is 0 Å². The largest absolute Gasteiger partial charge is 0.497 e. The van der Waals surface area contributed by atoms with Crippen LogP contribution in [-0.4, -0.2) is 43.5 Å². The van der Waals surface area contributed by atoms with Crippen molar-refractivity contribution in [1.29, 1.82) is 5.41 Å². The minimum Gasteiger partial charge on any atom is -0.497 e. The maximum atomic E-state index is 11.7. The zero-order chi connectivity index (χ0) is 13.6. The number of nitrogens with zero attached hydrogens (tertiary/aromatic N) is 1. The summed E-state index contributed by atoms with van der Waals surface area (Å²) in [5, 5.41) is 8.44. The van der Waals surface area contributed by atoms with Crippen molar-refractivity contribution in [1.82, 2.24) is 0 Å². The molecule has 0 aromatic heterocycles. The molecule has 2 saturated heterocycles. The van der Waals surface area contributed by atoms with Crippen LogP contribution in [0.3, 0.4) is 0 Å². The fraction of sp³-hybridized carbons (Fsp3) is 0.417. The summed E-state index contributed by atoms with van der Waals surface area (Å²) in [6.07, 6.45) is 0. The first-order valence-corrected chi connectivity index (χ1v) is 8.59. The lowest BCUT2D eigenvalue weighted by atomic mass is 10.2. The molecule has 7 heteroatoms. The molecular formula is C12H14N2O3S2. The van der Waals surface area contributed by atoms with E-state index >= 15 is 0 Å². The Morgan fingerprint density at radius 3 is 2.95 bits per heavy atom. The zero-order valence-electron chi connectivity index (χ0n) is 10.4. The average Bonchev–Trinajstić information content (AvgIpc) is 2.79.